The third-order valence-corrected chi connectivity index (χ3v) is 4.04. The predicted octanol–water partition coefficient (Wildman–Crippen LogP) is 3.81. The highest BCUT2D eigenvalue weighted by atomic mass is 16.5. The summed E-state index contributed by atoms with van der Waals surface area (Å²) in [7, 11) is 3.23. The molecule has 3 aromatic rings. The zero-order valence-corrected chi connectivity index (χ0v) is 14.4. The van der Waals surface area contributed by atoms with Gasteiger partial charge in [0.25, 0.3) is 5.91 Å². The van der Waals surface area contributed by atoms with Crippen LogP contribution in [0.15, 0.2) is 52.9 Å². The van der Waals surface area contributed by atoms with Gasteiger partial charge in [0.2, 0.25) is 0 Å². The molecule has 1 amide bonds. The second-order valence-electron chi connectivity index (χ2n) is 5.70. The van der Waals surface area contributed by atoms with Gasteiger partial charge in [-0.1, -0.05) is 24.3 Å². The number of hydrogen-bond acceptors (Lipinski definition) is 4. The van der Waals surface area contributed by atoms with Gasteiger partial charge in [0.15, 0.2) is 17.1 Å². The molecule has 3 rings (SSSR count). The molecule has 0 fully saturated rings. The first-order valence-corrected chi connectivity index (χ1v) is 8.19. The van der Waals surface area contributed by atoms with Crippen LogP contribution >= 0.6 is 0 Å². The lowest BCUT2D eigenvalue weighted by molar-refractivity contribution is 0.0927. The molecule has 25 heavy (non-hydrogen) atoms. The van der Waals surface area contributed by atoms with Gasteiger partial charge >= 0.3 is 0 Å². The standard InChI is InChI=1S/C20H21NO4/c1-23-16-10-8-14(9-11-16)5-4-12-21-20(22)18-13-15-6-3-7-17(24-2)19(15)25-18/h3,6-11,13H,4-5,12H2,1-2H3,(H,21,22). The smallest absolute Gasteiger partial charge is 0.287 e. The molecule has 0 radical (unpaired) electrons. The van der Waals surface area contributed by atoms with Crippen molar-refractivity contribution < 1.29 is 18.7 Å². The molecule has 0 atom stereocenters. The summed E-state index contributed by atoms with van der Waals surface area (Å²) in [6.07, 6.45) is 1.74. The van der Waals surface area contributed by atoms with Crippen molar-refractivity contribution in [1.82, 2.24) is 5.32 Å². The number of hydrogen-bond donors (Lipinski definition) is 1. The molecule has 0 aliphatic heterocycles. The lowest BCUT2D eigenvalue weighted by atomic mass is 10.1. The molecule has 0 unspecified atom stereocenters. The molecule has 5 heteroatoms. The molecule has 1 heterocycles. The van der Waals surface area contributed by atoms with Crippen molar-refractivity contribution in [2.24, 2.45) is 0 Å². The Morgan fingerprint density at radius 2 is 1.88 bits per heavy atom. The van der Waals surface area contributed by atoms with E-state index in [2.05, 4.69) is 5.32 Å². The molecule has 5 nitrogen and oxygen atoms in total. The van der Waals surface area contributed by atoms with Crippen molar-refractivity contribution in [3.63, 3.8) is 0 Å². The fourth-order valence-electron chi connectivity index (χ4n) is 2.68. The number of furan rings is 1. The van der Waals surface area contributed by atoms with Crippen LogP contribution in [-0.2, 0) is 6.42 Å². The van der Waals surface area contributed by atoms with Gasteiger partial charge in [-0.05, 0) is 42.7 Å². The maximum Gasteiger partial charge on any atom is 0.287 e. The van der Waals surface area contributed by atoms with Crippen LogP contribution in [0.5, 0.6) is 11.5 Å². The van der Waals surface area contributed by atoms with Gasteiger partial charge in [0.05, 0.1) is 14.2 Å². The average molecular weight is 339 g/mol. The lowest BCUT2D eigenvalue weighted by Crippen LogP contribution is -2.24. The molecular weight excluding hydrogens is 318 g/mol. The summed E-state index contributed by atoms with van der Waals surface area (Å²) in [4.78, 5) is 12.2. The van der Waals surface area contributed by atoms with Gasteiger partial charge in [-0.2, -0.15) is 0 Å². The number of fused-ring (bicyclic) bond motifs is 1. The Labute approximate surface area is 146 Å². The number of carbonyl (C=O) groups excluding carboxylic acids is 1. The highest BCUT2D eigenvalue weighted by Crippen LogP contribution is 2.28. The van der Waals surface area contributed by atoms with Crippen molar-refractivity contribution in [3.05, 3.63) is 59.9 Å². The monoisotopic (exact) mass is 339 g/mol. The minimum absolute atomic E-state index is 0.215. The van der Waals surface area contributed by atoms with Gasteiger partial charge in [0.1, 0.15) is 5.75 Å². The van der Waals surface area contributed by atoms with Crippen LogP contribution in [0.25, 0.3) is 11.0 Å². The van der Waals surface area contributed by atoms with Crippen molar-refractivity contribution in [1.29, 1.82) is 0 Å². The summed E-state index contributed by atoms with van der Waals surface area (Å²) >= 11 is 0. The van der Waals surface area contributed by atoms with Gasteiger partial charge < -0.3 is 19.2 Å². The molecule has 0 saturated heterocycles. The highest BCUT2D eigenvalue weighted by molar-refractivity contribution is 5.97. The van der Waals surface area contributed by atoms with E-state index in [1.807, 2.05) is 42.5 Å². The minimum atomic E-state index is -0.215. The van der Waals surface area contributed by atoms with E-state index in [9.17, 15) is 4.79 Å². The Kier molecular flexibility index (Phi) is 5.23. The Bertz CT molecular complexity index is 852. The van der Waals surface area contributed by atoms with Crippen molar-refractivity contribution in [2.75, 3.05) is 20.8 Å². The SMILES string of the molecule is COc1ccc(CCCNC(=O)c2cc3cccc(OC)c3o2)cc1. The number of amides is 1. The lowest BCUT2D eigenvalue weighted by Gasteiger charge is -2.05. The number of nitrogens with one attached hydrogen (secondary N) is 1. The van der Waals surface area contributed by atoms with Gasteiger partial charge in [-0.25, -0.2) is 0 Å². The molecule has 0 saturated carbocycles. The third-order valence-electron chi connectivity index (χ3n) is 4.04. The maximum absolute atomic E-state index is 12.2. The number of carbonyl (C=O) groups is 1. The Balaban J connectivity index is 1.54. The summed E-state index contributed by atoms with van der Waals surface area (Å²) in [6.45, 7) is 0.582. The van der Waals surface area contributed by atoms with Crippen molar-refractivity contribution >= 4 is 16.9 Å². The molecule has 0 aliphatic rings. The average Bonchev–Trinajstić information content (AvgIpc) is 3.10. The van der Waals surface area contributed by atoms with Crippen LogP contribution in [0.4, 0.5) is 0 Å². The van der Waals surface area contributed by atoms with E-state index in [0.717, 1.165) is 24.0 Å². The number of methoxy groups -OCH3 is 2. The van der Waals surface area contributed by atoms with E-state index >= 15 is 0 Å². The van der Waals surface area contributed by atoms with Crippen molar-refractivity contribution in [3.8, 4) is 11.5 Å². The molecular formula is C20H21NO4. The molecule has 130 valence electrons. The fourth-order valence-corrected chi connectivity index (χ4v) is 2.68. The Morgan fingerprint density at radius 1 is 1.08 bits per heavy atom. The van der Waals surface area contributed by atoms with Crippen LogP contribution in [-0.4, -0.2) is 26.7 Å². The Hall–Kier alpha value is -2.95. The maximum atomic E-state index is 12.2. The zero-order chi connectivity index (χ0) is 17.6. The molecule has 1 N–H and O–H groups in total. The number of para-hydroxylation sites is 1. The topological polar surface area (TPSA) is 60.7 Å². The second kappa shape index (κ2) is 7.75. The van der Waals surface area contributed by atoms with Gasteiger partial charge in [-0.15, -0.1) is 0 Å². The number of rotatable bonds is 7. The van der Waals surface area contributed by atoms with E-state index in [0.29, 0.717) is 23.6 Å². The summed E-state index contributed by atoms with van der Waals surface area (Å²) in [5.41, 5.74) is 1.80. The highest BCUT2D eigenvalue weighted by Gasteiger charge is 2.14. The van der Waals surface area contributed by atoms with E-state index in [4.69, 9.17) is 13.9 Å². The normalized spacial score (nSPS) is 10.6. The largest absolute Gasteiger partial charge is 0.497 e. The molecule has 1 aromatic heterocycles. The van der Waals surface area contributed by atoms with Crippen LogP contribution in [0.1, 0.15) is 22.5 Å². The first-order valence-electron chi connectivity index (χ1n) is 8.19. The van der Waals surface area contributed by atoms with Crippen LogP contribution in [0.3, 0.4) is 0 Å². The van der Waals surface area contributed by atoms with E-state index in [1.54, 1.807) is 20.3 Å². The summed E-state index contributed by atoms with van der Waals surface area (Å²) in [5.74, 6) is 1.55. The van der Waals surface area contributed by atoms with Crippen molar-refractivity contribution in [2.45, 2.75) is 12.8 Å². The van der Waals surface area contributed by atoms with E-state index < -0.39 is 0 Å². The molecule has 2 aromatic carbocycles. The minimum Gasteiger partial charge on any atom is -0.497 e. The van der Waals surface area contributed by atoms with Crippen LogP contribution in [0.2, 0.25) is 0 Å². The molecule has 0 aliphatic carbocycles. The Morgan fingerprint density at radius 3 is 2.60 bits per heavy atom. The summed E-state index contributed by atoms with van der Waals surface area (Å²) in [6, 6.07) is 15.2. The first kappa shape index (κ1) is 16.9. The second-order valence-corrected chi connectivity index (χ2v) is 5.70. The quantitative estimate of drug-likeness (QED) is 0.665. The number of benzene rings is 2. The fraction of sp³-hybridized carbons (Fsp3) is 0.250. The van der Waals surface area contributed by atoms with Crippen LogP contribution < -0.4 is 14.8 Å². The van der Waals surface area contributed by atoms with Gasteiger partial charge in [0, 0.05) is 11.9 Å². The molecule has 0 bridgehead atoms. The summed E-state index contributed by atoms with van der Waals surface area (Å²) in [5, 5.41) is 3.74. The van der Waals surface area contributed by atoms with E-state index in [-0.39, 0.29) is 5.91 Å². The first-order chi connectivity index (χ1) is 12.2. The van der Waals surface area contributed by atoms with E-state index in [1.165, 1.54) is 5.56 Å². The van der Waals surface area contributed by atoms with Crippen LogP contribution in [0, 0.1) is 0 Å². The number of aryl methyl sites for hydroxylation is 1. The third kappa shape index (κ3) is 3.94. The molecule has 0 spiro atoms. The van der Waals surface area contributed by atoms with Gasteiger partial charge in [-0.3, -0.25) is 4.79 Å². The predicted molar refractivity (Wildman–Crippen MR) is 96.4 cm³/mol. The summed E-state index contributed by atoms with van der Waals surface area (Å²) < 4.78 is 16.0. The zero-order valence-electron chi connectivity index (χ0n) is 14.4. The number of ether oxygens (including phenoxy) is 2.